The van der Waals surface area contributed by atoms with E-state index in [-0.39, 0.29) is 5.56 Å². The number of aryl methyl sites for hydroxylation is 1. The molecular formula is C19H23N3O2. The molecule has 2 aliphatic rings. The summed E-state index contributed by atoms with van der Waals surface area (Å²) in [7, 11) is 0. The van der Waals surface area contributed by atoms with Crippen LogP contribution >= 0.6 is 0 Å². The van der Waals surface area contributed by atoms with E-state index in [1.54, 1.807) is 16.8 Å². The Morgan fingerprint density at radius 3 is 3.00 bits per heavy atom. The van der Waals surface area contributed by atoms with E-state index in [0.29, 0.717) is 5.92 Å². The minimum atomic E-state index is -0.000546. The van der Waals surface area contributed by atoms with Crippen LogP contribution in [0.1, 0.15) is 16.8 Å². The predicted octanol–water partition coefficient (Wildman–Crippen LogP) is 1.66. The second kappa shape index (κ2) is 6.40. The molecule has 2 aromatic rings. The fourth-order valence-electron chi connectivity index (χ4n) is 3.58. The van der Waals surface area contributed by atoms with Crippen LogP contribution in [-0.4, -0.2) is 40.9 Å². The maximum Gasteiger partial charge on any atom is 0.266 e. The smallest absolute Gasteiger partial charge is 0.266 e. The molecule has 0 radical (unpaired) electrons. The Balaban J connectivity index is 1.26. The first-order chi connectivity index (χ1) is 11.7. The molecule has 0 amide bonds. The summed E-state index contributed by atoms with van der Waals surface area (Å²) in [5.74, 6) is 1.59. The Hall–Kier alpha value is -2.14. The molecule has 0 spiro atoms. The van der Waals surface area contributed by atoms with E-state index >= 15 is 0 Å². The van der Waals surface area contributed by atoms with Crippen molar-refractivity contribution in [3.05, 3.63) is 57.5 Å². The molecule has 0 unspecified atom stereocenters. The lowest BCUT2D eigenvalue weighted by Crippen LogP contribution is -2.50. The van der Waals surface area contributed by atoms with Gasteiger partial charge in [-0.2, -0.15) is 5.10 Å². The summed E-state index contributed by atoms with van der Waals surface area (Å²) in [5, 5.41) is 4.32. The zero-order valence-electron chi connectivity index (χ0n) is 14.1. The van der Waals surface area contributed by atoms with Gasteiger partial charge in [-0.15, -0.1) is 0 Å². The lowest BCUT2D eigenvalue weighted by atomic mass is 9.99. The number of rotatable bonds is 5. The van der Waals surface area contributed by atoms with Gasteiger partial charge >= 0.3 is 0 Å². The van der Waals surface area contributed by atoms with Crippen molar-refractivity contribution < 1.29 is 4.74 Å². The van der Waals surface area contributed by atoms with Gasteiger partial charge in [-0.25, -0.2) is 4.68 Å². The normalized spacial score (nSPS) is 17.4. The minimum absolute atomic E-state index is 0.000546. The van der Waals surface area contributed by atoms with Gasteiger partial charge in [0.2, 0.25) is 0 Å². The van der Waals surface area contributed by atoms with Gasteiger partial charge in [0, 0.05) is 38.0 Å². The highest BCUT2D eigenvalue weighted by atomic mass is 16.5. The minimum Gasteiger partial charge on any atom is -0.493 e. The molecule has 3 heterocycles. The lowest BCUT2D eigenvalue weighted by molar-refractivity contribution is 0.0855. The largest absolute Gasteiger partial charge is 0.493 e. The van der Waals surface area contributed by atoms with Crippen LogP contribution in [0, 0.1) is 12.8 Å². The van der Waals surface area contributed by atoms with Gasteiger partial charge in [0.25, 0.3) is 5.56 Å². The van der Waals surface area contributed by atoms with Crippen molar-refractivity contribution in [1.82, 2.24) is 14.7 Å². The van der Waals surface area contributed by atoms with Crippen molar-refractivity contribution >= 4 is 0 Å². The Kier molecular flexibility index (Phi) is 4.10. The third-order valence-electron chi connectivity index (χ3n) is 4.93. The molecular weight excluding hydrogens is 302 g/mol. The molecule has 1 aromatic carbocycles. The van der Waals surface area contributed by atoms with Gasteiger partial charge in [-0.05, 0) is 36.6 Å². The van der Waals surface area contributed by atoms with E-state index in [1.807, 2.05) is 6.92 Å². The zero-order valence-corrected chi connectivity index (χ0v) is 14.1. The molecule has 24 heavy (non-hydrogen) atoms. The standard InChI is InChI=1S/C19H23N3O2/c1-14-2-5-19(23)22(20-14)13-16-11-21(12-16)8-6-15-3-4-18-17(10-15)7-9-24-18/h2-5,10,16H,6-9,11-13H2,1H3. The highest BCUT2D eigenvalue weighted by Gasteiger charge is 2.27. The van der Waals surface area contributed by atoms with Gasteiger partial charge in [0.05, 0.1) is 18.8 Å². The summed E-state index contributed by atoms with van der Waals surface area (Å²) < 4.78 is 7.16. The predicted molar refractivity (Wildman–Crippen MR) is 92.5 cm³/mol. The number of hydrogen-bond donors (Lipinski definition) is 0. The Bertz CT molecular complexity index is 793. The van der Waals surface area contributed by atoms with Gasteiger partial charge < -0.3 is 9.64 Å². The van der Waals surface area contributed by atoms with Crippen LogP contribution < -0.4 is 10.3 Å². The van der Waals surface area contributed by atoms with Crippen LogP contribution in [0.3, 0.4) is 0 Å². The number of aromatic nitrogens is 2. The van der Waals surface area contributed by atoms with Crippen LogP contribution in [0.25, 0.3) is 0 Å². The molecule has 1 aromatic heterocycles. The second-order valence-corrected chi connectivity index (χ2v) is 6.91. The molecule has 1 saturated heterocycles. The summed E-state index contributed by atoms with van der Waals surface area (Å²) >= 11 is 0. The Labute approximate surface area is 141 Å². The van der Waals surface area contributed by atoms with E-state index < -0.39 is 0 Å². The first-order valence-electron chi connectivity index (χ1n) is 8.69. The van der Waals surface area contributed by atoms with E-state index in [1.165, 1.54) is 11.1 Å². The summed E-state index contributed by atoms with van der Waals surface area (Å²) in [4.78, 5) is 14.3. The SMILES string of the molecule is Cc1ccc(=O)n(CC2CN(CCc3ccc4c(c3)CCO4)C2)n1. The molecule has 2 aliphatic heterocycles. The third-order valence-corrected chi connectivity index (χ3v) is 4.93. The average molecular weight is 325 g/mol. The molecule has 0 N–H and O–H groups in total. The van der Waals surface area contributed by atoms with E-state index in [0.717, 1.165) is 57.1 Å². The number of nitrogens with zero attached hydrogens (tertiary/aromatic N) is 3. The molecule has 0 aliphatic carbocycles. The lowest BCUT2D eigenvalue weighted by Gasteiger charge is -2.39. The Morgan fingerprint density at radius 2 is 2.12 bits per heavy atom. The van der Waals surface area contributed by atoms with Crippen molar-refractivity contribution in [1.29, 1.82) is 0 Å². The molecule has 126 valence electrons. The van der Waals surface area contributed by atoms with Crippen molar-refractivity contribution in [3.63, 3.8) is 0 Å². The van der Waals surface area contributed by atoms with Gasteiger partial charge in [0.1, 0.15) is 5.75 Å². The fourth-order valence-corrected chi connectivity index (χ4v) is 3.58. The fraction of sp³-hybridized carbons (Fsp3) is 0.474. The van der Waals surface area contributed by atoms with E-state index in [4.69, 9.17) is 4.74 Å². The van der Waals surface area contributed by atoms with Crippen LogP contribution in [0.15, 0.2) is 35.1 Å². The molecule has 4 rings (SSSR count). The van der Waals surface area contributed by atoms with Crippen molar-refractivity contribution in [2.24, 2.45) is 5.92 Å². The maximum atomic E-state index is 11.8. The van der Waals surface area contributed by atoms with Crippen LogP contribution in [0.2, 0.25) is 0 Å². The second-order valence-electron chi connectivity index (χ2n) is 6.91. The van der Waals surface area contributed by atoms with Crippen LogP contribution in [0.5, 0.6) is 5.75 Å². The number of benzene rings is 1. The van der Waals surface area contributed by atoms with Crippen molar-refractivity contribution in [2.75, 3.05) is 26.2 Å². The molecule has 1 fully saturated rings. The molecule has 0 saturated carbocycles. The van der Waals surface area contributed by atoms with Gasteiger partial charge in [-0.3, -0.25) is 4.79 Å². The number of likely N-dealkylation sites (tertiary alicyclic amines) is 1. The summed E-state index contributed by atoms with van der Waals surface area (Å²) in [5.41, 5.74) is 3.63. The topological polar surface area (TPSA) is 47.4 Å². The van der Waals surface area contributed by atoms with Crippen molar-refractivity contribution in [2.45, 2.75) is 26.3 Å². The average Bonchev–Trinajstić information content (AvgIpc) is 3.00. The number of ether oxygens (including phenoxy) is 1. The zero-order chi connectivity index (χ0) is 16.5. The van der Waals surface area contributed by atoms with E-state index in [9.17, 15) is 4.79 Å². The van der Waals surface area contributed by atoms with Crippen LogP contribution in [0.4, 0.5) is 0 Å². The monoisotopic (exact) mass is 325 g/mol. The summed E-state index contributed by atoms with van der Waals surface area (Å²) in [6.45, 7) is 6.65. The first-order valence-corrected chi connectivity index (χ1v) is 8.69. The van der Waals surface area contributed by atoms with Crippen LogP contribution in [-0.2, 0) is 19.4 Å². The molecule has 5 heteroatoms. The third kappa shape index (κ3) is 3.22. The number of fused-ring (bicyclic) bond motifs is 1. The molecule has 0 atom stereocenters. The first kappa shape index (κ1) is 15.4. The highest BCUT2D eigenvalue weighted by molar-refractivity contribution is 5.39. The summed E-state index contributed by atoms with van der Waals surface area (Å²) in [6, 6.07) is 9.95. The van der Waals surface area contributed by atoms with Gasteiger partial charge in [-0.1, -0.05) is 12.1 Å². The Morgan fingerprint density at radius 1 is 1.25 bits per heavy atom. The highest BCUT2D eigenvalue weighted by Crippen LogP contribution is 2.26. The van der Waals surface area contributed by atoms with Crippen molar-refractivity contribution in [3.8, 4) is 5.75 Å². The number of hydrogen-bond acceptors (Lipinski definition) is 4. The van der Waals surface area contributed by atoms with Gasteiger partial charge in [0.15, 0.2) is 0 Å². The maximum absolute atomic E-state index is 11.8. The quantitative estimate of drug-likeness (QED) is 0.839. The molecule has 5 nitrogen and oxygen atoms in total. The molecule has 0 bridgehead atoms. The van der Waals surface area contributed by atoms with E-state index in [2.05, 4.69) is 28.2 Å². The summed E-state index contributed by atoms with van der Waals surface area (Å²) in [6.07, 6.45) is 2.11.